The standard InChI is InChI=1S/C7H4BrN3S/c1-3-5-4(2)11-7(9-5)12-6(8)10-11/h1H,2H3. The number of terminal acetylenes is 1. The normalized spacial score (nSPS) is 10.4. The highest BCUT2D eigenvalue weighted by Crippen LogP contribution is 2.21. The third kappa shape index (κ3) is 0.958. The molecule has 0 radical (unpaired) electrons. The van der Waals surface area contributed by atoms with Crippen molar-refractivity contribution in [1.82, 2.24) is 14.6 Å². The second kappa shape index (κ2) is 2.57. The Bertz CT molecular complexity index is 476. The van der Waals surface area contributed by atoms with Gasteiger partial charge >= 0.3 is 0 Å². The molecule has 12 heavy (non-hydrogen) atoms. The van der Waals surface area contributed by atoms with Crippen LogP contribution in [0.15, 0.2) is 3.92 Å². The molecule has 60 valence electrons. The van der Waals surface area contributed by atoms with Gasteiger partial charge in [0.2, 0.25) is 4.96 Å². The molecule has 0 spiro atoms. The number of halogens is 1. The Morgan fingerprint density at radius 1 is 1.67 bits per heavy atom. The van der Waals surface area contributed by atoms with Crippen LogP contribution < -0.4 is 0 Å². The van der Waals surface area contributed by atoms with Gasteiger partial charge in [0.15, 0.2) is 3.92 Å². The van der Waals surface area contributed by atoms with Gasteiger partial charge in [0, 0.05) is 0 Å². The van der Waals surface area contributed by atoms with E-state index < -0.39 is 0 Å². The summed E-state index contributed by atoms with van der Waals surface area (Å²) in [5.74, 6) is 2.51. The molecule has 0 aliphatic carbocycles. The van der Waals surface area contributed by atoms with Crippen molar-refractivity contribution in [3.05, 3.63) is 15.3 Å². The lowest BCUT2D eigenvalue weighted by molar-refractivity contribution is 0.917. The van der Waals surface area contributed by atoms with E-state index in [1.54, 1.807) is 4.52 Å². The first-order chi connectivity index (χ1) is 5.72. The summed E-state index contributed by atoms with van der Waals surface area (Å²) in [7, 11) is 0. The summed E-state index contributed by atoms with van der Waals surface area (Å²) in [5.41, 5.74) is 1.58. The lowest BCUT2D eigenvalue weighted by atomic mass is 10.4. The van der Waals surface area contributed by atoms with E-state index in [1.165, 1.54) is 11.3 Å². The van der Waals surface area contributed by atoms with Crippen LogP contribution in [0.1, 0.15) is 11.4 Å². The molecule has 0 N–H and O–H groups in total. The summed E-state index contributed by atoms with van der Waals surface area (Å²) in [6, 6.07) is 0. The first-order valence-electron chi connectivity index (χ1n) is 3.20. The van der Waals surface area contributed by atoms with Crippen molar-refractivity contribution >= 4 is 32.2 Å². The van der Waals surface area contributed by atoms with E-state index in [0.717, 1.165) is 14.6 Å². The van der Waals surface area contributed by atoms with E-state index in [1.807, 2.05) is 6.92 Å². The molecule has 2 aromatic heterocycles. The SMILES string of the molecule is C#Cc1nc2sc(Br)nn2c1C. The molecule has 0 aliphatic rings. The van der Waals surface area contributed by atoms with Crippen molar-refractivity contribution in [1.29, 1.82) is 0 Å². The Labute approximate surface area is 81.6 Å². The third-order valence-electron chi connectivity index (χ3n) is 1.54. The highest BCUT2D eigenvalue weighted by atomic mass is 79.9. The first kappa shape index (κ1) is 7.77. The van der Waals surface area contributed by atoms with Crippen LogP contribution in [-0.2, 0) is 0 Å². The Hall–Kier alpha value is -0.860. The van der Waals surface area contributed by atoms with E-state index in [9.17, 15) is 0 Å². The second-order valence-electron chi connectivity index (χ2n) is 2.24. The zero-order valence-electron chi connectivity index (χ0n) is 6.21. The average Bonchev–Trinajstić information content (AvgIpc) is 2.51. The van der Waals surface area contributed by atoms with Gasteiger partial charge in [0.1, 0.15) is 5.69 Å². The van der Waals surface area contributed by atoms with E-state index in [2.05, 4.69) is 31.9 Å². The minimum absolute atomic E-state index is 0.668. The predicted octanol–water partition coefficient (Wildman–Crippen LogP) is 1.84. The largest absolute Gasteiger partial charge is 0.214 e. The van der Waals surface area contributed by atoms with Gasteiger partial charge in [0.25, 0.3) is 0 Å². The monoisotopic (exact) mass is 241 g/mol. The summed E-state index contributed by atoms with van der Waals surface area (Å²) in [5, 5.41) is 4.18. The van der Waals surface area contributed by atoms with Crippen molar-refractivity contribution in [2.24, 2.45) is 0 Å². The molecule has 0 amide bonds. The summed E-state index contributed by atoms with van der Waals surface area (Å²) in [6.07, 6.45) is 5.25. The van der Waals surface area contributed by atoms with Crippen LogP contribution in [-0.4, -0.2) is 14.6 Å². The van der Waals surface area contributed by atoms with Crippen molar-refractivity contribution < 1.29 is 0 Å². The zero-order chi connectivity index (χ0) is 8.72. The van der Waals surface area contributed by atoms with Crippen molar-refractivity contribution in [3.8, 4) is 12.3 Å². The van der Waals surface area contributed by atoms with Crippen molar-refractivity contribution in [2.45, 2.75) is 6.92 Å². The van der Waals surface area contributed by atoms with Gasteiger partial charge in [-0.2, -0.15) is 0 Å². The molecule has 0 atom stereocenters. The van der Waals surface area contributed by atoms with Gasteiger partial charge in [-0.05, 0) is 28.8 Å². The van der Waals surface area contributed by atoms with E-state index in [0.29, 0.717) is 5.69 Å². The maximum atomic E-state index is 5.25. The molecule has 0 unspecified atom stereocenters. The summed E-state index contributed by atoms with van der Waals surface area (Å²) >= 11 is 4.74. The lowest BCUT2D eigenvalue weighted by Gasteiger charge is -1.85. The quantitative estimate of drug-likeness (QED) is 0.660. The Balaban J connectivity index is 2.85. The molecule has 3 nitrogen and oxygen atoms in total. The van der Waals surface area contributed by atoms with Crippen molar-refractivity contribution in [3.63, 3.8) is 0 Å². The van der Waals surface area contributed by atoms with Gasteiger partial charge < -0.3 is 0 Å². The number of hydrogen-bond donors (Lipinski definition) is 0. The van der Waals surface area contributed by atoms with Gasteiger partial charge in [-0.25, -0.2) is 9.50 Å². The number of hydrogen-bond acceptors (Lipinski definition) is 3. The molecular formula is C7H4BrN3S. The number of nitrogens with zero attached hydrogens (tertiary/aromatic N) is 3. The molecule has 0 fully saturated rings. The van der Waals surface area contributed by atoms with E-state index in [-0.39, 0.29) is 0 Å². The summed E-state index contributed by atoms with van der Waals surface area (Å²) in [4.78, 5) is 5.03. The highest BCUT2D eigenvalue weighted by molar-refractivity contribution is 9.11. The van der Waals surface area contributed by atoms with Gasteiger partial charge in [-0.1, -0.05) is 11.3 Å². The first-order valence-corrected chi connectivity index (χ1v) is 4.81. The number of rotatable bonds is 0. The fraction of sp³-hybridized carbons (Fsp3) is 0.143. The minimum Gasteiger partial charge on any atom is -0.208 e. The molecule has 0 aliphatic heterocycles. The van der Waals surface area contributed by atoms with Crippen LogP contribution in [0.2, 0.25) is 0 Å². The lowest BCUT2D eigenvalue weighted by Crippen LogP contribution is -1.87. The topological polar surface area (TPSA) is 30.2 Å². The molecule has 2 heterocycles. The molecule has 2 aromatic rings. The van der Waals surface area contributed by atoms with E-state index in [4.69, 9.17) is 6.42 Å². The molecule has 0 saturated carbocycles. The van der Waals surface area contributed by atoms with Crippen LogP contribution in [0.5, 0.6) is 0 Å². The Morgan fingerprint density at radius 2 is 2.42 bits per heavy atom. The van der Waals surface area contributed by atoms with Crippen LogP contribution in [0.25, 0.3) is 4.96 Å². The van der Waals surface area contributed by atoms with Crippen LogP contribution in [0, 0.1) is 19.3 Å². The molecule has 0 saturated heterocycles. The highest BCUT2D eigenvalue weighted by Gasteiger charge is 2.09. The third-order valence-corrected chi connectivity index (χ3v) is 2.88. The average molecular weight is 242 g/mol. The zero-order valence-corrected chi connectivity index (χ0v) is 8.61. The molecule has 0 aromatic carbocycles. The number of fused-ring (bicyclic) bond motifs is 1. The number of aromatic nitrogens is 3. The van der Waals surface area contributed by atoms with E-state index >= 15 is 0 Å². The van der Waals surface area contributed by atoms with Gasteiger partial charge in [-0.3, -0.25) is 0 Å². The second-order valence-corrected chi connectivity index (χ2v) is 4.47. The molecular weight excluding hydrogens is 238 g/mol. The smallest absolute Gasteiger partial charge is 0.208 e. The fourth-order valence-corrected chi connectivity index (χ4v) is 2.23. The maximum absolute atomic E-state index is 5.25. The number of aryl methyl sites for hydroxylation is 1. The Morgan fingerprint density at radius 3 is 3.00 bits per heavy atom. The molecule has 2 rings (SSSR count). The van der Waals surface area contributed by atoms with Gasteiger partial charge in [-0.15, -0.1) is 11.5 Å². The summed E-state index contributed by atoms with van der Waals surface area (Å²) in [6.45, 7) is 1.90. The minimum atomic E-state index is 0.668. The molecule has 0 bridgehead atoms. The van der Waals surface area contributed by atoms with Crippen LogP contribution in [0.3, 0.4) is 0 Å². The number of imidazole rings is 1. The predicted molar refractivity (Wildman–Crippen MR) is 51.2 cm³/mol. The Kier molecular flexibility index (Phi) is 1.67. The van der Waals surface area contributed by atoms with Crippen LogP contribution in [0.4, 0.5) is 0 Å². The van der Waals surface area contributed by atoms with Gasteiger partial charge in [0.05, 0.1) is 5.69 Å². The fourth-order valence-electron chi connectivity index (χ4n) is 0.963. The summed E-state index contributed by atoms with van der Waals surface area (Å²) < 4.78 is 2.56. The van der Waals surface area contributed by atoms with Crippen molar-refractivity contribution in [2.75, 3.05) is 0 Å². The molecule has 5 heteroatoms. The van der Waals surface area contributed by atoms with Crippen LogP contribution >= 0.6 is 27.3 Å². The maximum Gasteiger partial charge on any atom is 0.214 e.